The van der Waals surface area contributed by atoms with Gasteiger partial charge in [0, 0.05) is 65.0 Å². The first kappa shape index (κ1) is 31.3. The molecule has 1 aromatic heterocycles. The van der Waals surface area contributed by atoms with Crippen molar-refractivity contribution in [1.82, 2.24) is 14.5 Å². The number of hydrogen-bond acceptors (Lipinski definition) is 6. The molecule has 0 N–H and O–H groups in total. The Morgan fingerprint density at radius 1 is 1.19 bits per heavy atom. The molecule has 0 bridgehead atoms. The van der Waals surface area contributed by atoms with Crippen LogP contribution in [0.4, 0.5) is 27.8 Å². The van der Waals surface area contributed by atoms with Crippen LogP contribution in [-0.4, -0.2) is 64.5 Å². The number of rotatable bonds is 6. The molecule has 0 saturated carbocycles. The van der Waals surface area contributed by atoms with Crippen LogP contribution < -0.4 is 10.6 Å². The van der Waals surface area contributed by atoms with Gasteiger partial charge in [-0.2, -0.15) is 18.2 Å². The quantitative estimate of drug-likeness (QED) is 0.178. The summed E-state index contributed by atoms with van der Waals surface area (Å²) in [7, 11) is 0. The number of anilines is 1. The lowest BCUT2D eigenvalue weighted by Crippen LogP contribution is -2.58. The predicted octanol–water partition coefficient (Wildman–Crippen LogP) is 6.31. The molecule has 2 aliphatic rings. The molecule has 43 heavy (non-hydrogen) atoms. The number of carbonyl (C=O) groups excluding carboxylic acids is 1. The minimum absolute atomic E-state index is 0.00136. The molecule has 1 saturated heterocycles. The van der Waals surface area contributed by atoms with E-state index in [0.29, 0.717) is 12.7 Å². The van der Waals surface area contributed by atoms with Crippen LogP contribution in [0.2, 0.25) is 5.02 Å². The van der Waals surface area contributed by atoms with E-state index in [1.807, 2.05) is 0 Å². The van der Waals surface area contributed by atoms with Gasteiger partial charge in [0.1, 0.15) is 17.5 Å². The third-order valence-electron chi connectivity index (χ3n) is 7.68. The highest BCUT2D eigenvalue weighted by Crippen LogP contribution is 2.50. The molecule has 1 amide bonds. The van der Waals surface area contributed by atoms with E-state index in [0.717, 1.165) is 23.9 Å². The van der Waals surface area contributed by atoms with Gasteiger partial charge in [-0.25, -0.2) is 13.6 Å². The highest BCUT2D eigenvalue weighted by atomic mass is 35.5. The lowest BCUT2D eigenvalue weighted by Gasteiger charge is -2.45. The van der Waals surface area contributed by atoms with E-state index < -0.39 is 51.3 Å². The molecule has 1 fully saturated rings. The number of aromatic nitrogens is 2. The van der Waals surface area contributed by atoms with E-state index in [1.165, 1.54) is 10.6 Å². The molecule has 3 aromatic rings. The summed E-state index contributed by atoms with van der Waals surface area (Å²) >= 11 is 6.94. The van der Waals surface area contributed by atoms with E-state index in [-0.39, 0.29) is 65.1 Å². The van der Waals surface area contributed by atoms with Crippen molar-refractivity contribution in [2.45, 2.75) is 50.0 Å². The van der Waals surface area contributed by atoms with Crippen molar-refractivity contribution in [3.05, 3.63) is 63.6 Å². The third kappa shape index (κ3) is 5.51. The van der Waals surface area contributed by atoms with Gasteiger partial charge in [0.25, 0.3) is 0 Å². The van der Waals surface area contributed by atoms with Gasteiger partial charge in [-0.3, -0.25) is 9.36 Å². The summed E-state index contributed by atoms with van der Waals surface area (Å²) in [4.78, 5) is 33.8. The van der Waals surface area contributed by atoms with Crippen molar-refractivity contribution in [3.63, 3.8) is 0 Å². The number of ether oxygens (including phenoxy) is 1. The van der Waals surface area contributed by atoms with E-state index >= 15 is 4.39 Å². The van der Waals surface area contributed by atoms with Crippen molar-refractivity contribution in [2.24, 2.45) is 0 Å². The Kier molecular flexibility index (Phi) is 8.53. The SMILES string of the molecule is C=CC(=O)N1[C@H](C)CN(c2nc(=O)n3c4c(c(-c5cc(Cl)c(F)cc5F)c(C(F)(F)F)cc24)SCC3COCC)C[C@@H]1C. The summed E-state index contributed by atoms with van der Waals surface area (Å²) in [5.41, 5.74) is -2.82. The van der Waals surface area contributed by atoms with Crippen LogP contribution in [0.5, 0.6) is 0 Å². The molecule has 0 radical (unpaired) electrons. The van der Waals surface area contributed by atoms with Gasteiger partial charge in [-0.15, -0.1) is 11.8 Å². The Hall–Kier alpha value is -3.16. The average molecular weight is 643 g/mol. The van der Waals surface area contributed by atoms with E-state index in [1.54, 1.807) is 30.6 Å². The summed E-state index contributed by atoms with van der Waals surface area (Å²) in [6.45, 7) is 9.71. The number of benzene rings is 2. The number of nitrogens with zero attached hydrogens (tertiary/aromatic N) is 4. The maximum absolute atomic E-state index is 15.2. The summed E-state index contributed by atoms with van der Waals surface area (Å²) in [5.74, 6) is -2.47. The predicted molar refractivity (Wildman–Crippen MR) is 156 cm³/mol. The fourth-order valence-electron chi connectivity index (χ4n) is 5.95. The number of amides is 1. The maximum atomic E-state index is 15.2. The van der Waals surface area contributed by atoms with Crippen molar-refractivity contribution >= 4 is 46.0 Å². The molecule has 1 unspecified atom stereocenters. The molecular weight excluding hydrogens is 615 g/mol. The molecule has 230 valence electrons. The largest absolute Gasteiger partial charge is 0.417 e. The Morgan fingerprint density at radius 2 is 1.86 bits per heavy atom. The Bertz CT molecular complexity index is 1670. The molecule has 3 heterocycles. The molecule has 0 spiro atoms. The number of thioether (sulfide) groups is 1. The number of halogens is 6. The molecule has 2 aliphatic heterocycles. The first-order chi connectivity index (χ1) is 20.3. The average Bonchev–Trinajstić information content (AvgIpc) is 2.94. The molecule has 7 nitrogen and oxygen atoms in total. The van der Waals surface area contributed by atoms with Crippen LogP contribution in [0.25, 0.3) is 22.0 Å². The van der Waals surface area contributed by atoms with Crippen molar-refractivity contribution in [1.29, 1.82) is 0 Å². The summed E-state index contributed by atoms with van der Waals surface area (Å²) in [6.07, 6.45) is -3.77. The fraction of sp³-hybridized carbons (Fsp3) is 0.414. The van der Waals surface area contributed by atoms with Crippen molar-refractivity contribution in [2.75, 3.05) is 37.0 Å². The van der Waals surface area contributed by atoms with Gasteiger partial charge < -0.3 is 14.5 Å². The minimum atomic E-state index is -4.97. The topological polar surface area (TPSA) is 67.7 Å². The normalized spacial score (nSPS) is 20.5. The van der Waals surface area contributed by atoms with Gasteiger partial charge in [0.15, 0.2) is 0 Å². The van der Waals surface area contributed by atoms with Crippen LogP contribution in [-0.2, 0) is 15.7 Å². The van der Waals surface area contributed by atoms with Crippen LogP contribution in [0.15, 0.2) is 40.5 Å². The minimum Gasteiger partial charge on any atom is -0.380 e. The summed E-state index contributed by atoms with van der Waals surface area (Å²) in [6, 6.07) is 0.813. The van der Waals surface area contributed by atoms with Gasteiger partial charge in [-0.05, 0) is 39.0 Å². The van der Waals surface area contributed by atoms with E-state index in [2.05, 4.69) is 11.6 Å². The van der Waals surface area contributed by atoms with Crippen molar-refractivity contribution in [3.8, 4) is 11.1 Å². The monoisotopic (exact) mass is 642 g/mol. The Balaban J connectivity index is 1.84. The first-order valence-corrected chi connectivity index (χ1v) is 14.9. The Morgan fingerprint density at radius 3 is 2.47 bits per heavy atom. The summed E-state index contributed by atoms with van der Waals surface area (Å²) in [5, 5.41) is -0.509. The van der Waals surface area contributed by atoms with Crippen LogP contribution in [0.1, 0.15) is 32.4 Å². The fourth-order valence-corrected chi connectivity index (χ4v) is 7.43. The second-order valence-corrected chi connectivity index (χ2v) is 12.0. The molecule has 2 aromatic carbocycles. The van der Waals surface area contributed by atoms with Crippen molar-refractivity contribution < 1.29 is 31.5 Å². The number of piperazine rings is 1. The highest BCUT2D eigenvalue weighted by molar-refractivity contribution is 7.99. The van der Waals surface area contributed by atoms with E-state index in [9.17, 15) is 27.2 Å². The zero-order chi connectivity index (χ0) is 31.4. The van der Waals surface area contributed by atoms with Gasteiger partial charge in [-0.1, -0.05) is 18.2 Å². The standard InChI is InChI=1S/C29H28ClF5N4O3S/c1-5-23(40)38-14(3)10-37(11-15(38)4)27-18-7-19(29(33,34)35)24(17-8-20(30)22(32)9-21(17)31)26-25(18)39(28(41)36-27)16(13-43-26)12-42-6-2/h5,7-9,14-16H,1,6,10-13H2,2-4H3/t14-,15+,16?. The summed E-state index contributed by atoms with van der Waals surface area (Å²) < 4.78 is 80.5. The highest BCUT2D eigenvalue weighted by Gasteiger charge is 2.41. The van der Waals surface area contributed by atoms with Crippen LogP contribution in [0.3, 0.4) is 0 Å². The maximum Gasteiger partial charge on any atom is 0.417 e. The van der Waals surface area contributed by atoms with Crippen LogP contribution in [0, 0.1) is 11.6 Å². The van der Waals surface area contributed by atoms with Gasteiger partial charge >= 0.3 is 11.9 Å². The second kappa shape index (κ2) is 11.7. The zero-order valence-electron chi connectivity index (χ0n) is 23.5. The lowest BCUT2D eigenvalue weighted by atomic mass is 9.95. The molecular formula is C29H28ClF5N4O3S. The second-order valence-electron chi connectivity index (χ2n) is 10.5. The smallest absolute Gasteiger partial charge is 0.380 e. The van der Waals surface area contributed by atoms with Gasteiger partial charge in [0.2, 0.25) is 5.91 Å². The molecule has 14 heteroatoms. The molecule has 3 atom stereocenters. The first-order valence-electron chi connectivity index (χ1n) is 13.5. The Labute approximate surface area is 253 Å². The number of carbonyl (C=O) groups is 1. The number of alkyl halides is 3. The number of hydrogen-bond donors (Lipinski definition) is 0. The lowest BCUT2D eigenvalue weighted by molar-refractivity contribution is -0.137. The van der Waals surface area contributed by atoms with Gasteiger partial charge in [0.05, 0.1) is 28.8 Å². The molecule has 0 aliphatic carbocycles. The van der Waals surface area contributed by atoms with E-state index in [4.69, 9.17) is 16.3 Å². The molecule has 5 rings (SSSR count). The van der Waals surface area contributed by atoms with Crippen LogP contribution >= 0.6 is 23.4 Å². The third-order valence-corrected chi connectivity index (χ3v) is 9.20. The zero-order valence-corrected chi connectivity index (χ0v) is 25.0.